The molecule has 3 rings (SSSR count). The summed E-state index contributed by atoms with van der Waals surface area (Å²) >= 11 is 0. The monoisotopic (exact) mass is 460 g/mol. The van der Waals surface area contributed by atoms with Gasteiger partial charge in [-0.25, -0.2) is 0 Å². The maximum atomic E-state index is 13.6. The van der Waals surface area contributed by atoms with Gasteiger partial charge in [0.25, 0.3) is 0 Å². The van der Waals surface area contributed by atoms with Crippen molar-refractivity contribution >= 4 is 5.91 Å². The molecule has 1 fully saturated rings. The summed E-state index contributed by atoms with van der Waals surface area (Å²) in [5.41, 5.74) is -2.46. The molecule has 0 unspecified atom stereocenters. The van der Waals surface area contributed by atoms with E-state index in [-0.39, 0.29) is 18.1 Å². The average molecular weight is 460 g/mol. The third-order valence-electron chi connectivity index (χ3n) is 5.75. The average Bonchev–Trinajstić information content (AvgIpc) is 2.76. The van der Waals surface area contributed by atoms with Crippen molar-refractivity contribution in [2.45, 2.75) is 44.1 Å². The molecule has 1 aliphatic carbocycles. The minimum absolute atomic E-state index is 0.00535. The van der Waals surface area contributed by atoms with Gasteiger partial charge >= 0.3 is 12.4 Å². The number of carbonyl (C=O) groups is 1. The van der Waals surface area contributed by atoms with Gasteiger partial charge in [-0.05, 0) is 61.4 Å². The Labute approximate surface area is 180 Å². The first-order valence-electron chi connectivity index (χ1n) is 10.1. The lowest BCUT2D eigenvalue weighted by Gasteiger charge is -2.29. The predicted molar refractivity (Wildman–Crippen MR) is 103 cm³/mol. The first-order chi connectivity index (χ1) is 15.0. The molecule has 4 nitrogen and oxygen atoms in total. The number of nitrogens with zero attached hydrogens (tertiary/aromatic N) is 1. The smallest absolute Gasteiger partial charge is 0.396 e. The molecule has 2 N–H and O–H groups in total. The van der Waals surface area contributed by atoms with E-state index in [0.29, 0.717) is 25.7 Å². The molecular weight excluding hydrogens is 438 g/mol. The highest BCUT2D eigenvalue weighted by atomic mass is 19.4. The van der Waals surface area contributed by atoms with Crippen LogP contribution < -0.4 is 5.32 Å². The Kier molecular flexibility index (Phi) is 7.12. The number of aromatic nitrogens is 1. The highest BCUT2D eigenvalue weighted by molar-refractivity contribution is 5.79. The Hall–Kier alpha value is -2.62. The number of aliphatic hydroxyl groups is 1. The number of pyridine rings is 1. The van der Waals surface area contributed by atoms with Crippen LogP contribution in [0.3, 0.4) is 0 Å². The maximum absolute atomic E-state index is 13.6. The number of rotatable bonds is 5. The van der Waals surface area contributed by atoms with Gasteiger partial charge in [0.2, 0.25) is 5.91 Å². The van der Waals surface area contributed by atoms with E-state index >= 15 is 0 Å². The molecule has 174 valence electrons. The second-order valence-electron chi connectivity index (χ2n) is 7.90. The van der Waals surface area contributed by atoms with Gasteiger partial charge in [0, 0.05) is 18.7 Å². The number of halogens is 6. The molecule has 1 saturated carbocycles. The zero-order valence-corrected chi connectivity index (χ0v) is 16.9. The van der Waals surface area contributed by atoms with Gasteiger partial charge in [0.05, 0.1) is 22.9 Å². The summed E-state index contributed by atoms with van der Waals surface area (Å²) in [5.74, 6) is -0.879. The van der Waals surface area contributed by atoms with Gasteiger partial charge in [-0.1, -0.05) is 12.1 Å². The third kappa shape index (κ3) is 5.59. The highest BCUT2D eigenvalue weighted by Gasteiger charge is 2.38. The molecule has 10 heteroatoms. The van der Waals surface area contributed by atoms with Crippen LogP contribution in [-0.4, -0.2) is 22.6 Å². The summed E-state index contributed by atoms with van der Waals surface area (Å²) in [6.07, 6.45) is -6.09. The lowest BCUT2D eigenvalue weighted by molar-refractivity contribution is -0.139. The number of hydrogen-bond acceptors (Lipinski definition) is 3. The Bertz CT molecular complexity index is 919. The van der Waals surface area contributed by atoms with Crippen LogP contribution in [0.15, 0.2) is 42.6 Å². The predicted octanol–water partition coefficient (Wildman–Crippen LogP) is 5.12. The van der Waals surface area contributed by atoms with Gasteiger partial charge < -0.3 is 10.4 Å². The Balaban J connectivity index is 1.95. The minimum Gasteiger partial charge on any atom is -0.396 e. The Morgan fingerprint density at radius 1 is 1.00 bits per heavy atom. The van der Waals surface area contributed by atoms with Crippen LogP contribution in [0.4, 0.5) is 26.3 Å². The van der Waals surface area contributed by atoms with E-state index in [9.17, 15) is 36.2 Å². The Morgan fingerprint density at radius 2 is 1.62 bits per heavy atom. The molecule has 32 heavy (non-hydrogen) atoms. The van der Waals surface area contributed by atoms with E-state index in [1.807, 2.05) is 0 Å². The number of benzene rings is 1. The van der Waals surface area contributed by atoms with Crippen LogP contribution in [0.25, 0.3) is 0 Å². The topological polar surface area (TPSA) is 62.2 Å². The van der Waals surface area contributed by atoms with Crippen molar-refractivity contribution in [2.75, 3.05) is 6.61 Å². The van der Waals surface area contributed by atoms with Crippen LogP contribution in [0.2, 0.25) is 0 Å². The zero-order valence-electron chi connectivity index (χ0n) is 16.9. The van der Waals surface area contributed by atoms with Crippen molar-refractivity contribution in [3.63, 3.8) is 0 Å². The first-order valence-corrected chi connectivity index (χ1v) is 10.1. The summed E-state index contributed by atoms with van der Waals surface area (Å²) in [6.45, 7) is 0.00535. The number of amides is 1. The molecule has 1 atom stereocenters. The normalized spacial score (nSPS) is 20.6. The summed E-state index contributed by atoms with van der Waals surface area (Å²) in [7, 11) is 0. The quantitative estimate of drug-likeness (QED) is 0.609. The van der Waals surface area contributed by atoms with Gasteiger partial charge in [-0.2, -0.15) is 26.3 Å². The van der Waals surface area contributed by atoms with E-state index in [1.54, 1.807) is 0 Å². The molecule has 1 aromatic heterocycles. The second kappa shape index (κ2) is 9.48. The minimum atomic E-state index is -4.77. The highest BCUT2D eigenvalue weighted by Crippen LogP contribution is 2.37. The molecule has 0 bridgehead atoms. The number of alkyl halides is 6. The van der Waals surface area contributed by atoms with Crippen LogP contribution >= 0.6 is 0 Å². The molecule has 2 aromatic rings. The summed E-state index contributed by atoms with van der Waals surface area (Å²) in [5, 5.41) is 11.8. The van der Waals surface area contributed by atoms with Gasteiger partial charge in [-0.3, -0.25) is 9.78 Å². The molecule has 0 aliphatic heterocycles. The molecule has 0 saturated heterocycles. The number of nitrogens with one attached hydrogen (secondary N) is 1. The van der Waals surface area contributed by atoms with Gasteiger partial charge in [-0.15, -0.1) is 0 Å². The van der Waals surface area contributed by atoms with E-state index in [4.69, 9.17) is 0 Å². The molecule has 0 spiro atoms. The summed E-state index contributed by atoms with van der Waals surface area (Å²) in [4.78, 5) is 16.7. The van der Waals surface area contributed by atoms with Crippen molar-refractivity contribution in [1.29, 1.82) is 0 Å². The van der Waals surface area contributed by atoms with Crippen molar-refractivity contribution in [2.24, 2.45) is 11.8 Å². The SMILES string of the molecule is O=C(N[C@@H](c1ccc(C(F)(F)F)cc1)c1ncccc1C(F)(F)F)[C@H]1CC[C@H](CO)CC1. The number of aliphatic hydroxyl groups excluding tert-OH is 1. The summed E-state index contributed by atoms with van der Waals surface area (Å²) in [6, 6.07) is 4.16. The van der Waals surface area contributed by atoms with Crippen LogP contribution in [0.1, 0.15) is 54.1 Å². The largest absolute Gasteiger partial charge is 0.418 e. The van der Waals surface area contributed by atoms with Crippen LogP contribution in [-0.2, 0) is 17.1 Å². The molecule has 0 radical (unpaired) electrons. The third-order valence-corrected chi connectivity index (χ3v) is 5.75. The second-order valence-corrected chi connectivity index (χ2v) is 7.90. The van der Waals surface area contributed by atoms with Crippen molar-refractivity contribution in [3.8, 4) is 0 Å². The molecular formula is C22H22F6N2O2. The Morgan fingerprint density at radius 3 is 2.16 bits per heavy atom. The van der Waals surface area contributed by atoms with Crippen molar-refractivity contribution in [3.05, 3.63) is 65.0 Å². The van der Waals surface area contributed by atoms with Gasteiger partial charge in [0.15, 0.2) is 0 Å². The van der Waals surface area contributed by atoms with Crippen molar-refractivity contribution in [1.82, 2.24) is 10.3 Å². The lowest BCUT2D eigenvalue weighted by Crippen LogP contribution is -2.37. The molecule has 1 amide bonds. The van der Waals surface area contributed by atoms with E-state index < -0.39 is 47.0 Å². The van der Waals surface area contributed by atoms with E-state index in [1.165, 1.54) is 0 Å². The summed E-state index contributed by atoms with van der Waals surface area (Å²) < 4.78 is 79.6. The van der Waals surface area contributed by atoms with Crippen LogP contribution in [0.5, 0.6) is 0 Å². The maximum Gasteiger partial charge on any atom is 0.418 e. The van der Waals surface area contributed by atoms with E-state index in [0.717, 1.165) is 42.6 Å². The van der Waals surface area contributed by atoms with E-state index in [2.05, 4.69) is 10.3 Å². The van der Waals surface area contributed by atoms with Crippen LogP contribution in [0, 0.1) is 11.8 Å². The van der Waals surface area contributed by atoms with Crippen molar-refractivity contribution < 1.29 is 36.2 Å². The number of carbonyl (C=O) groups excluding carboxylic acids is 1. The fourth-order valence-corrected chi connectivity index (χ4v) is 3.93. The first kappa shape index (κ1) is 24.0. The number of hydrogen-bond donors (Lipinski definition) is 2. The molecule has 1 aliphatic rings. The fraction of sp³-hybridized carbons (Fsp3) is 0.455. The molecule has 1 aromatic carbocycles. The molecule has 1 heterocycles. The standard InChI is InChI=1S/C22H22F6N2O2/c23-21(24,25)16-9-7-14(8-10-16)18(19-17(22(26,27)28)2-1-11-29-19)30-20(32)15-5-3-13(12-31)4-6-15/h1-2,7-11,13,15,18,31H,3-6,12H2,(H,30,32)/t13-,15-,18-/m0/s1. The van der Waals surface area contributed by atoms with Gasteiger partial charge in [0.1, 0.15) is 0 Å². The fourth-order valence-electron chi connectivity index (χ4n) is 3.93. The lowest BCUT2D eigenvalue weighted by atomic mass is 9.81. The zero-order chi connectivity index (χ0) is 23.5.